The quantitative estimate of drug-likeness (QED) is 0.656. The molecule has 1 aliphatic heterocycles. The van der Waals surface area contributed by atoms with Gasteiger partial charge in [0.05, 0.1) is 18.6 Å². The van der Waals surface area contributed by atoms with E-state index in [4.69, 9.17) is 19.8 Å². The first kappa shape index (κ1) is 18.1. The number of hydrogen-bond donors (Lipinski definition) is 3. The molecule has 1 saturated heterocycles. The Kier molecular flexibility index (Phi) is 5.69. The second kappa shape index (κ2) is 8.17. The summed E-state index contributed by atoms with van der Waals surface area (Å²) in [6.07, 6.45) is 4.27. The van der Waals surface area contributed by atoms with E-state index in [1.54, 1.807) is 0 Å². The van der Waals surface area contributed by atoms with E-state index in [9.17, 15) is 0 Å². The van der Waals surface area contributed by atoms with Crippen LogP contribution in [0.1, 0.15) is 36.0 Å². The van der Waals surface area contributed by atoms with Crippen LogP contribution in [0.15, 0.2) is 0 Å². The number of nitrogens with one attached hydrogen (secondary N) is 2. The van der Waals surface area contributed by atoms with E-state index in [1.807, 2.05) is 11.3 Å². The molecule has 0 unspecified atom stereocenters. The highest BCUT2D eigenvalue weighted by atomic mass is 32.1. The number of rotatable bonds is 6. The molecule has 0 aromatic carbocycles. The maximum atomic E-state index is 9.12. The largest absolute Gasteiger partial charge is 0.396 e. The smallest absolute Gasteiger partial charge is 0.187 e. The molecule has 1 aliphatic carbocycles. The number of anilines is 1. The SMILES string of the molecule is C[C@@H]1CCc2c(sc3nc(C[NH+]4CCOCC4)nc(NCCCO)c23)C1. The molecular formula is C19H29N4O2S+. The van der Waals surface area contributed by atoms with Crippen LogP contribution < -0.4 is 10.2 Å². The summed E-state index contributed by atoms with van der Waals surface area (Å²) in [7, 11) is 0. The van der Waals surface area contributed by atoms with E-state index in [1.165, 1.54) is 27.1 Å². The lowest BCUT2D eigenvalue weighted by Crippen LogP contribution is -3.12. The molecule has 2 aromatic heterocycles. The zero-order valence-electron chi connectivity index (χ0n) is 15.5. The number of aryl methyl sites for hydroxylation is 1. The third-order valence-electron chi connectivity index (χ3n) is 5.44. The van der Waals surface area contributed by atoms with Gasteiger partial charge in [-0.15, -0.1) is 11.3 Å². The molecule has 1 fully saturated rings. The zero-order valence-corrected chi connectivity index (χ0v) is 16.3. The van der Waals surface area contributed by atoms with Gasteiger partial charge in [-0.05, 0) is 37.2 Å². The summed E-state index contributed by atoms with van der Waals surface area (Å²) in [5.74, 6) is 2.65. The van der Waals surface area contributed by atoms with E-state index in [0.29, 0.717) is 0 Å². The summed E-state index contributed by atoms with van der Waals surface area (Å²) in [5, 5.41) is 13.8. The Morgan fingerprint density at radius 1 is 1.31 bits per heavy atom. The Balaban J connectivity index is 1.67. The number of ether oxygens (including phenoxy) is 1. The standard InChI is InChI=1S/C19H28N4O2S/c1-13-3-4-14-15(11-13)26-19-17(14)18(20-5-2-8-24)21-16(22-19)12-23-6-9-25-10-7-23/h13,24H,2-12H2,1H3,(H,20,21,22)/p+1/t13-/m1/s1. The number of nitrogens with zero attached hydrogens (tertiary/aromatic N) is 2. The minimum Gasteiger partial charge on any atom is -0.396 e. The minimum absolute atomic E-state index is 0.200. The molecule has 2 aromatic rings. The molecule has 7 heteroatoms. The van der Waals surface area contributed by atoms with Crippen molar-refractivity contribution in [2.24, 2.45) is 5.92 Å². The van der Waals surface area contributed by atoms with Gasteiger partial charge < -0.3 is 20.1 Å². The number of morpholine rings is 1. The van der Waals surface area contributed by atoms with Crippen LogP contribution in [0.2, 0.25) is 0 Å². The van der Waals surface area contributed by atoms with Crippen LogP contribution in [-0.4, -0.2) is 54.5 Å². The Bertz CT molecular complexity index is 758. The maximum absolute atomic E-state index is 9.12. The van der Waals surface area contributed by atoms with Gasteiger partial charge in [-0.3, -0.25) is 0 Å². The lowest BCUT2D eigenvalue weighted by molar-refractivity contribution is -0.922. The van der Waals surface area contributed by atoms with Gasteiger partial charge in [-0.1, -0.05) is 6.92 Å². The molecule has 142 valence electrons. The fraction of sp³-hybridized carbons (Fsp3) is 0.684. The van der Waals surface area contributed by atoms with Gasteiger partial charge in [0.15, 0.2) is 5.82 Å². The summed E-state index contributed by atoms with van der Waals surface area (Å²) in [5.41, 5.74) is 1.46. The van der Waals surface area contributed by atoms with E-state index < -0.39 is 0 Å². The summed E-state index contributed by atoms with van der Waals surface area (Å²) in [4.78, 5) is 14.0. The van der Waals surface area contributed by atoms with Gasteiger partial charge in [-0.2, -0.15) is 0 Å². The van der Waals surface area contributed by atoms with Crippen LogP contribution in [0.25, 0.3) is 10.2 Å². The minimum atomic E-state index is 0.200. The predicted molar refractivity (Wildman–Crippen MR) is 104 cm³/mol. The number of aliphatic hydroxyl groups is 1. The molecule has 26 heavy (non-hydrogen) atoms. The van der Waals surface area contributed by atoms with E-state index >= 15 is 0 Å². The summed E-state index contributed by atoms with van der Waals surface area (Å²) < 4.78 is 5.47. The van der Waals surface area contributed by atoms with E-state index in [0.717, 1.165) is 81.0 Å². The van der Waals surface area contributed by atoms with Gasteiger partial charge in [-0.25, -0.2) is 9.97 Å². The van der Waals surface area contributed by atoms with Gasteiger partial charge >= 0.3 is 0 Å². The van der Waals surface area contributed by atoms with Crippen LogP contribution in [0, 0.1) is 5.92 Å². The molecule has 0 amide bonds. The lowest BCUT2D eigenvalue weighted by atomic mass is 9.89. The molecule has 1 atom stereocenters. The highest BCUT2D eigenvalue weighted by Crippen LogP contribution is 2.39. The molecule has 0 spiro atoms. The van der Waals surface area contributed by atoms with Crippen molar-refractivity contribution >= 4 is 27.4 Å². The van der Waals surface area contributed by atoms with Gasteiger partial charge in [0.2, 0.25) is 0 Å². The fourth-order valence-corrected chi connectivity index (χ4v) is 5.34. The number of aromatic nitrogens is 2. The molecule has 4 rings (SSSR count). The number of fused-ring (bicyclic) bond motifs is 3. The third kappa shape index (κ3) is 3.86. The molecule has 3 N–H and O–H groups in total. The topological polar surface area (TPSA) is 71.7 Å². The second-order valence-corrected chi connectivity index (χ2v) is 8.65. The van der Waals surface area contributed by atoms with Crippen molar-refractivity contribution in [2.45, 2.75) is 39.2 Å². The monoisotopic (exact) mass is 377 g/mol. The first-order valence-electron chi connectivity index (χ1n) is 9.81. The Hall–Kier alpha value is -1.28. The van der Waals surface area contributed by atoms with Crippen LogP contribution in [0.3, 0.4) is 0 Å². The summed E-state index contributed by atoms with van der Waals surface area (Å²) in [6, 6.07) is 0. The normalized spacial score (nSPS) is 21.1. The number of hydrogen-bond acceptors (Lipinski definition) is 6. The van der Waals surface area contributed by atoms with Crippen molar-refractivity contribution in [3.05, 3.63) is 16.3 Å². The van der Waals surface area contributed by atoms with Gasteiger partial charge in [0.1, 0.15) is 30.3 Å². The molecule has 2 aliphatic rings. The Morgan fingerprint density at radius 2 is 2.15 bits per heavy atom. The predicted octanol–water partition coefficient (Wildman–Crippen LogP) is 1.03. The van der Waals surface area contributed by atoms with Crippen LogP contribution in [0.5, 0.6) is 0 Å². The maximum Gasteiger partial charge on any atom is 0.187 e. The highest BCUT2D eigenvalue weighted by molar-refractivity contribution is 7.19. The van der Waals surface area contributed by atoms with Crippen molar-refractivity contribution in [3.63, 3.8) is 0 Å². The summed E-state index contributed by atoms with van der Waals surface area (Å²) >= 11 is 1.86. The highest BCUT2D eigenvalue weighted by Gasteiger charge is 2.25. The Labute approximate surface area is 158 Å². The summed E-state index contributed by atoms with van der Waals surface area (Å²) in [6.45, 7) is 7.83. The lowest BCUT2D eigenvalue weighted by Gasteiger charge is -2.23. The number of aliphatic hydroxyl groups excluding tert-OH is 1. The van der Waals surface area contributed by atoms with Gasteiger partial charge in [0, 0.05) is 18.0 Å². The number of quaternary nitrogens is 1. The third-order valence-corrected chi connectivity index (χ3v) is 6.58. The number of thiophene rings is 1. The van der Waals surface area contributed by atoms with Crippen molar-refractivity contribution < 1.29 is 14.7 Å². The van der Waals surface area contributed by atoms with E-state index in [-0.39, 0.29) is 6.61 Å². The molecule has 0 saturated carbocycles. The van der Waals surface area contributed by atoms with Crippen LogP contribution >= 0.6 is 11.3 Å². The van der Waals surface area contributed by atoms with Crippen molar-refractivity contribution in [3.8, 4) is 0 Å². The molecule has 6 nitrogen and oxygen atoms in total. The first-order valence-corrected chi connectivity index (χ1v) is 10.6. The molecule has 3 heterocycles. The first-order chi connectivity index (χ1) is 12.7. The van der Waals surface area contributed by atoms with Crippen LogP contribution in [0.4, 0.5) is 5.82 Å². The molecular weight excluding hydrogens is 348 g/mol. The molecule has 0 bridgehead atoms. The van der Waals surface area contributed by atoms with E-state index in [2.05, 4.69) is 12.2 Å². The zero-order chi connectivity index (χ0) is 17.9. The second-order valence-electron chi connectivity index (χ2n) is 7.56. The van der Waals surface area contributed by atoms with Gasteiger partial charge in [0.25, 0.3) is 0 Å². The Morgan fingerprint density at radius 3 is 2.96 bits per heavy atom. The van der Waals surface area contributed by atoms with Crippen LogP contribution in [-0.2, 0) is 24.1 Å². The van der Waals surface area contributed by atoms with Crippen molar-refractivity contribution in [1.29, 1.82) is 0 Å². The van der Waals surface area contributed by atoms with Crippen molar-refractivity contribution in [2.75, 3.05) is 44.8 Å². The van der Waals surface area contributed by atoms with Crippen molar-refractivity contribution in [1.82, 2.24) is 9.97 Å². The fourth-order valence-electron chi connectivity index (χ4n) is 3.94. The molecule has 0 radical (unpaired) electrons. The average molecular weight is 378 g/mol. The average Bonchev–Trinajstić information content (AvgIpc) is 3.00.